The number of ketones is 2. The van der Waals surface area contributed by atoms with Gasteiger partial charge in [0.15, 0.2) is 15.9 Å². The van der Waals surface area contributed by atoms with Crippen LogP contribution in [0.3, 0.4) is 0 Å². The number of hydrogen-bond acceptors (Lipinski definition) is 9. The van der Waals surface area contributed by atoms with Crippen molar-refractivity contribution in [3.63, 3.8) is 0 Å². The standard InChI is InChI=1S/C27H21Cl2N5O2S2/c1-14-5-7-15(8-6-14)22(36)13-37-27-33-32-26(38-27)34-20-3-2-4-21(35)24(20)23(17(12-30)25(34)31)16-9-10-18(28)19(29)11-16/h5-11,23H,2-4,13,31H2,1H3. The largest absolute Gasteiger partial charge is 0.384 e. The molecule has 0 amide bonds. The average molecular weight is 583 g/mol. The maximum atomic E-state index is 13.3. The fraction of sp³-hybridized carbons (Fsp3) is 0.222. The number of rotatable bonds is 6. The van der Waals surface area contributed by atoms with Gasteiger partial charge in [-0.1, -0.05) is 82.2 Å². The highest BCUT2D eigenvalue weighted by Crippen LogP contribution is 2.47. The predicted octanol–water partition coefficient (Wildman–Crippen LogP) is 6.43. The Bertz CT molecular complexity index is 1560. The molecule has 0 fully saturated rings. The number of thioether (sulfide) groups is 1. The van der Waals surface area contributed by atoms with Gasteiger partial charge in [-0.15, -0.1) is 10.2 Å². The summed E-state index contributed by atoms with van der Waals surface area (Å²) in [4.78, 5) is 27.5. The van der Waals surface area contributed by atoms with E-state index in [0.29, 0.717) is 61.2 Å². The second-order valence-electron chi connectivity index (χ2n) is 8.92. The molecule has 11 heteroatoms. The number of aromatic nitrogens is 2. The number of nitriles is 1. The Hall–Kier alpha value is -3.16. The van der Waals surface area contributed by atoms with Gasteiger partial charge in [0.1, 0.15) is 5.82 Å². The van der Waals surface area contributed by atoms with E-state index in [1.54, 1.807) is 23.1 Å². The molecule has 5 rings (SSSR count). The fourth-order valence-electron chi connectivity index (χ4n) is 4.63. The van der Waals surface area contributed by atoms with Crippen molar-refractivity contribution in [3.8, 4) is 6.07 Å². The minimum absolute atomic E-state index is 0.0109. The van der Waals surface area contributed by atoms with Crippen LogP contribution in [0.4, 0.5) is 5.13 Å². The molecule has 0 saturated heterocycles. The van der Waals surface area contributed by atoms with Crippen LogP contribution in [-0.4, -0.2) is 27.5 Å². The molecular weight excluding hydrogens is 561 g/mol. The average Bonchev–Trinajstić information content (AvgIpc) is 3.37. The lowest BCUT2D eigenvalue weighted by molar-refractivity contribution is -0.116. The van der Waals surface area contributed by atoms with Crippen molar-refractivity contribution in [1.29, 1.82) is 5.26 Å². The third-order valence-electron chi connectivity index (χ3n) is 6.48. The summed E-state index contributed by atoms with van der Waals surface area (Å²) < 4.78 is 0.586. The molecule has 1 aliphatic carbocycles. The predicted molar refractivity (Wildman–Crippen MR) is 151 cm³/mol. The van der Waals surface area contributed by atoms with Crippen LogP contribution in [-0.2, 0) is 4.79 Å². The van der Waals surface area contributed by atoms with Gasteiger partial charge in [0.2, 0.25) is 5.13 Å². The van der Waals surface area contributed by atoms with Gasteiger partial charge >= 0.3 is 0 Å². The van der Waals surface area contributed by atoms with Gasteiger partial charge < -0.3 is 5.73 Å². The Morgan fingerprint density at radius 2 is 1.95 bits per heavy atom. The summed E-state index contributed by atoms with van der Waals surface area (Å²) in [6.45, 7) is 1.97. The van der Waals surface area contributed by atoms with Crippen molar-refractivity contribution in [1.82, 2.24) is 10.2 Å². The SMILES string of the molecule is Cc1ccc(C(=O)CSc2nnc(N3C(N)=C(C#N)C(c4ccc(Cl)c(Cl)c4)C4=C3CCCC4=O)s2)cc1. The first-order valence-electron chi connectivity index (χ1n) is 11.8. The number of anilines is 1. The number of nitrogens with zero attached hydrogens (tertiary/aromatic N) is 4. The Morgan fingerprint density at radius 1 is 1.18 bits per heavy atom. The molecule has 2 aromatic carbocycles. The van der Waals surface area contributed by atoms with E-state index in [9.17, 15) is 14.9 Å². The highest BCUT2D eigenvalue weighted by Gasteiger charge is 2.41. The van der Waals surface area contributed by atoms with E-state index in [1.165, 1.54) is 23.1 Å². The summed E-state index contributed by atoms with van der Waals surface area (Å²) in [7, 11) is 0. The van der Waals surface area contributed by atoms with Crippen LogP contribution in [0.15, 0.2) is 69.5 Å². The van der Waals surface area contributed by atoms with Crippen molar-refractivity contribution in [2.45, 2.75) is 36.4 Å². The number of carbonyl (C=O) groups excluding carboxylic acids is 2. The summed E-state index contributed by atoms with van der Waals surface area (Å²) in [6, 6.07) is 14.7. The molecule has 38 heavy (non-hydrogen) atoms. The number of allylic oxidation sites excluding steroid dienone is 3. The highest BCUT2D eigenvalue weighted by molar-refractivity contribution is 8.01. The quantitative estimate of drug-likeness (QED) is 0.261. The minimum Gasteiger partial charge on any atom is -0.384 e. The summed E-state index contributed by atoms with van der Waals surface area (Å²) in [5.41, 5.74) is 10.4. The van der Waals surface area contributed by atoms with E-state index >= 15 is 0 Å². The van der Waals surface area contributed by atoms with Gasteiger partial charge in [0, 0.05) is 23.3 Å². The Kier molecular flexibility index (Phi) is 7.59. The molecule has 2 heterocycles. The number of nitrogens with two attached hydrogens (primary N) is 1. The Labute approximate surface area is 237 Å². The van der Waals surface area contributed by atoms with E-state index in [4.69, 9.17) is 28.9 Å². The normalized spacial score (nSPS) is 17.5. The molecule has 1 aromatic heterocycles. The van der Waals surface area contributed by atoms with Gasteiger partial charge in [-0.05, 0) is 37.5 Å². The van der Waals surface area contributed by atoms with Crippen LogP contribution in [0.2, 0.25) is 10.0 Å². The number of Topliss-reactive ketones (excluding diaryl/α,β-unsaturated/α-hetero) is 2. The van der Waals surface area contributed by atoms with Crippen molar-refractivity contribution in [2.75, 3.05) is 10.7 Å². The van der Waals surface area contributed by atoms with E-state index in [2.05, 4.69) is 16.3 Å². The first-order valence-corrected chi connectivity index (χ1v) is 14.3. The lowest BCUT2D eigenvalue weighted by atomic mass is 9.76. The van der Waals surface area contributed by atoms with Crippen molar-refractivity contribution < 1.29 is 9.59 Å². The number of aryl methyl sites for hydroxylation is 1. The summed E-state index contributed by atoms with van der Waals surface area (Å²) >= 11 is 14.9. The van der Waals surface area contributed by atoms with Crippen LogP contribution < -0.4 is 10.6 Å². The molecule has 1 atom stereocenters. The second-order valence-corrected chi connectivity index (χ2v) is 11.9. The van der Waals surface area contributed by atoms with E-state index in [-0.39, 0.29) is 28.7 Å². The van der Waals surface area contributed by atoms with Crippen molar-refractivity contribution >= 4 is 63.0 Å². The van der Waals surface area contributed by atoms with Gasteiger partial charge in [0.05, 0.1) is 33.4 Å². The van der Waals surface area contributed by atoms with Crippen molar-refractivity contribution in [2.24, 2.45) is 5.73 Å². The molecule has 2 N–H and O–H groups in total. The number of halogens is 2. The van der Waals surface area contributed by atoms with Crippen LogP contribution >= 0.6 is 46.3 Å². The molecule has 192 valence electrons. The first kappa shape index (κ1) is 26.4. The fourth-order valence-corrected chi connectivity index (χ4v) is 6.71. The zero-order valence-corrected chi connectivity index (χ0v) is 23.3. The molecule has 3 aromatic rings. The summed E-state index contributed by atoms with van der Waals surface area (Å²) in [5.74, 6) is -0.306. The molecule has 0 spiro atoms. The number of carbonyl (C=O) groups is 2. The minimum atomic E-state index is -0.650. The van der Waals surface area contributed by atoms with Gasteiger partial charge in [-0.25, -0.2) is 0 Å². The van der Waals surface area contributed by atoms with Crippen LogP contribution in [0.1, 0.15) is 46.7 Å². The monoisotopic (exact) mass is 581 g/mol. The van der Waals surface area contributed by atoms with Crippen LogP contribution in [0, 0.1) is 18.3 Å². The summed E-state index contributed by atoms with van der Waals surface area (Å²) in [5, 5.41) is 19.9. The molecule has 0 saturated carbocycles. The Morgan fingerprint density at radius 3 is 2.66 bits per heavy atom. The molecular formula is C27H21Cl2N5O2S2. The third kappa shape index (κ3) is 4.97. The van der Waals surface area contributed by atoms with Crippen molar-refractivity contribution in [3.05, 3.63) is 91.9 Å². The lowest BCUT2D eigenvalue weighted by Crippen LogP contribution is -2.38. The van der Waals surface area contributed by atoms with Gasteiger partial charge in [-0.3, -0.25) is 14.5 Å². The lowest BCUT2D eigenvalue weighted by Gasteiger charge is -2.38. The Balaban J connectivity index is 1.48. The zero-order valence-electron chi connectivity index (χ0n) is 20.2. The number of benzene rings is 2. The first-order chi connectivity index (χ1) is 18.3. The van der Waals surface area contributed by atoms with E-state index < -0.39 is 5.92 Å². The van der Waals surface area contributed by atoms with E-state index in [1.807, 2.05) is 31.2 Å². The maximum Gasteiger partial charge on any atom is 0.219 e. The molecule has 2 aliphatic rings. The summed E-state index contributed by atoms with van der Waals surface area (Å²) in [6.07, 6.45) is 1.62. The topological polar surface area (TPSA) is 113 Å². The third-order valence-corrected chi connectivity index (χ3v) is 9.26. The van der Waals surface area contributed by atoms with Crippen LogP contribution in [0.5, 0.6) is 0 Å². The second kappa shape index (κ2) is 10.9. The van der Waals surface area contributed by atoms with Gasteiger partial charge in [0.25, 0.3) is 0 Å². The highest BCUT2D eigenvalue weighted by atomic mass is 35.5. The number of hydrogen-bond donors (Lipinski definition) is 1. The molecule has 0 bridgehead atoms. The zero-order chi connectivity index (χ0) is 27.0. The van der Waals surface area contributed by atoms with Crippen LogP contribution in [0.25, 0.3) is 0 Å². The molecule has 1 unspecified atom stereocenters. The van der Waals surface area contributed by atoms with Gasteiger partial charge in [-0.2, -0.15) is 5.26 Å². The molecule has 0 radical (unpaired) electrons. The molecule has 7 nitrogen and oxygen atoms in total. The molecule has 1 aliphatic heterocycles. The smallest absolute Gasteiger partial charge is 0.219 e. The maximum absolute atomic E-state index is 13.3. The van der Waals surface area contributed by atoms with E-state index in [0.717, 1.165) is 5.56 Å².